The van der Waals surface area contributed by atoms with E-state index in [1.165, 1.54) is 25.3 Å². The molecule has 1 atom stereocenters. The predicted octanol–water partition coefficient (Wildman–Crippen LogP) is 6.73. The van der Waals surface area contributed by atoms with E-state index in [1.54, 1.807) is 47.2 Å². The zero-order chi connectivity index (χ0) is 29.2. The van der Waals surface area contributed by atoms with E-state index in [1.807, 2.05) is 24.3 Å². The Morgan fingerprint density at radius 1 is 0.857 bits per heavy atom. The van der Waals surface area contributed by atoms with Gasteiger partial charge in [0.15, 0.2) is 17.8 Å². The van der Waals surface area contributed by atoms with Crippen LogP contribution in [0.3, 0.4) is 0 Å². The second kappa shape index (κ2) is 11.2. The highest BCUT2D eigenvalue weighted by Crippen LogP contribution is 2.36. The fraction of sp³-hybridized carbons (Fsp3) is 0.0645. The van der Waals surface area contributed by atoms with Crippen molar-refractivity contribution in [2.75, 3.05) is 17.7 Å². The molecule has 6 aromatic rings. The molecule has 8 nitrogen and oxygen atoms in total. The SMILES string of the molecule is COc1ccc(Nc2nccc(-c3c(-c4cccc(NC(O)c5c(F)cccc5F)c4)nn4ccccc34)n2)cc1F. The number of aliphatic hydroxyl groups excluding tert-OH is 1. The second-order valence-corrected chi connectivity index (χ2v) is 9.26. The van der Waals surface area contributed by atoms with Crippen molar-refractivity contribution in [3.63, 3.8) is 0 Å². The van der Waals surface area contributed by atoms with Crippen molar-refractivity contribution in [2.45, 2.75) is 6.23 Å². The Morgan fingerprint density at radius 2 is 1.67 bits per heavy atom. The Hall–Kier alpha value is -5.42. The maximum atomic E-state index is 14.2. The summed E-state index contributed by atoms with van der Waals surface area (Å²) in [4.78, 5) is 8.97. The van der Waals surface area contributed by atoms with E-state index in [-0.39, 0.29) is 11.7 Å². The number of ether oxygens (including phenoxy) is 1. The lowest BCUT2D eigenvalue weighted by Gasteiger charge is -2.16. The number of fused-ring (bicyclic) bond motifs is 1. The van der Waals surface area contributed by atoms with Crippen LogP contribution in [-0.4, -0.2) is 31.8 Å². The Morgan fingerprint density at radius 3 is 2.45 bits per heavy atom. The zero-order valence-electron chi connectivity index (χ0n) is 22.1. The van der Waals surface area contributed by atoms with Crippen molar-refractivity contribution in [3.8, 4) is 28.3 Å². The molecule has 6 rings (SSSR count). The number of methoxy groups -OCH3 is 1. The highest BCUT2D eigenvalue weighted by molar-refractivity contribution is 5.91. The molecule has 0 amide bonds. The number of anilines is 3. The van der Waals surface area contributed by atoms with Gasteiger partial charge in [0.25, 0.3) is 0 Å². The first-order chi connectivity index (χ1) is 20.4. The number of hydrogen-bond acceptors (Lipinski definition) is 7. The summed E-state index contributed by atoms with van der Waals surface area (Å²) in [6.07, 6.45) is 1.76. The summed E-state index contributed by atoms with van der Waals surface area (Å²) in [5.41, 5.74) is 3.60. The normalized spacial score (nSPS) is 11.8. The summed E-state index contributed by atoms with van der Waals surface area (Å²) in [5, 5.41) is 21.1. The minimum absolute atomic E-state index is 0.120. The predicted molar refractivity (Wildman–Crippen MR) is 153 cm³/mol. The molecule has 0 radical (unpaired) electrons. The summed E-state index contributed by atoms with van der Waals surface area (Å²) in [5.74, 6) is -1.89. The molecule has 0 aliphatic carbocycles. The number of hydrogen-bond donors (Lipinski definition) is 3. The van der Waals surface area contributed by atoms with Crippen molar-refractivity contribution >= 4 is 22.8 Å². The van der Waals surface area contributed by atoms with Gasteiger partial charge in [0.1, 0.15) is 17.3 Å². The number of aliphatic hydroxyl groups is 1. The second-order valence-electron chi connectivity index (χ2n) is 9.26. The van der Waals surface area contributed by atoms with Crippen LogP contribution in [0.25, 0.3) is 28.0 Å². The molecule has 0 aliphatic heterocycles. The van der Waals surface area contributed by atoms with E-state index in [0.29, 0.717) is 33.9 Å². The van der Waals surface area contributed by atoms with Crippen molar-refractivity contribution in [2.24, 2.45) is 0 Å². The van der Waals surface area contributed by atoms with E-state index in [4.69, 9.17) is 9.84 Å². The van der Waals surface area contributed by atoms with Gasteiger partial charge in [0.2, 0.25) is 5.95 Å². The maximum Gasteiger partial charge on any atom is 0.227 e. The summed E-state index contributed by atoms with van der Waals surface area (Å²) in [7, 11) is 1.39. The van der Waals surface area contributed by atoms with E-state index < -0.39 is 29.2 Å². The van der Waals surface area contributed by atoms with E-state index in [2.05, 4.69) is 20.6 Å². The van der Waals surface area contributed by atoms with Crippen LogP contribution in [0.4, 0.5) is 30.5 Å². The third kappa shape index (κ3) is 5.20. The highest BCUT2D eigenvalue weighted by Gasteiger charge is 2.21. The molecule has 210 valence electrons. The number of aromatic nitrogens is 4. The average molecular weight is 569 g/mol. The molecule has 11 heteroatoms. The maximum absolute atomic E-state index is 14.2. The topological polar surface area (TPSA) is 96.6 Å². The summed E-state index contributed by atoms with van der Waals surface area (Å²) < 4.78 is 49.4. The minimum Gasteiger partial charge on any atom is -0.494 e. The van der Waals surface area contributed by atoms with Gasteiger partial charge in [0, 0.05) is 35.4 Å². The first-order valence-electron chi connectivity index (χ1n) is 12.8. The summed E-state index contributed by atoms with van der Waals surface area (Å²) in [6.45, 7) is 0. The van der Waals surface area contributed by atoms with Gasteiger partial charge in [-0.3, -0.25) is 0 Å². The molecular formula is C31H23F3N6O2. The molecule has 0 spiro atoms. The molecule has 0 fully saturated rings. The first kappa shape index (κ1) is 26.8. The summed E-state index contributed by atoms with van der Waals surface area (Å²) in [6, 6.07) is 22.1. The minimum atomic E-state index is -1.62. The molecular weight excluding hydrogens is 545 g/mol. The molecule has 0 bridgehead atoms. The van der Waals surface area contributed by atoms with Gasteiger partial charge in [-0.05, 0) is 54.6 Å². The third-order valence-corrected chi connectivity index (χ3v) is 6.57. The lowest BCUT2D eigenvalue weighted by atomic mass is 10.0. The average Bonchev–Trinajstić information content (AvgIpc) is 3.37. The molecule has 3 N–H and O–H groups in total. The van der Waals surface area contributed by atoms with Gasteiger partial charge in [0.05, 0.1) is 29.4 Å². The van der Waals surface area contributed by atoms with Crippen LogP contribution in [0.1, 0.15) is 11.8 Å². The van der Waals surface area contributed by atoms with Crippen LogP contribution in [0.2, 0.25) is 0 Å². The standard InChI is InChI=1S/C31H23F3N6O2/c1-42-26-12-11-20(17-23(26)34)37-31-35-14-13-24(38-31)28-25-10-2-3-15-40(25)39-29(28)18-6-4-7-19(16-18)36-30(41)27-21(32)8-5-9-22(27)33/h2-17,30,36,41H,1H3,(H,35,37,38). The van der Waals surface area contributed by atoms with E-state index >= 15 is 0 Å². The van der Waals surface area contributed by atoms with Crippen molar-refractivity contribution in [1.29, 1.82) is 0 Å². The van der Waals surface area contributed by atoms with Gasteiger partial charge in [-0.2, -0.15) is 5.10 Å². The van der Waals surface area contributed by atoms with Crippen molar-refractivity contribution < 1.29 is 23.0 Å². The summed E-state index contributed by atoms with van der Waals surface area (Å²) >= 11 is 0. The van der Waals surface area contributed by atoms with Crippen LogP contribution in [0, 0.1) is 17.5 Å². The first-order valence-corrected chi connectivity index (χ1v) is 12.8. The lowest BCUT2D eigenvalue weighted by Crippen LogP contribution is -2.13. The van der Waals surface area contributed by atoms with Crippen LogP contribution in [-0.2, 0) is 0 Å². The van der Waals surface area contributed by atoms with Gasteiger partial charge < -0.3 is 20.5 Å². The van der Waals surface area contributed by atoms with Gasteiger partial charge in [-0.25, -0.2) is 27.7 Å². The highest BCUT2D eigenvalue weighted by atomic mass is 19.1. The molecule has 0 aliphatic rings. The number of halogens is 3. The zero-order valence-corrected chi connectivity index (χ0v) is 22.1. The lowest BCUT2D eigenvalue weighted by molar-refractivity contribution is 0.197. The number of rotatable bonds is 8. The molecule has 0 saturated carbocycles. The fourth-order valence-electron chi connectivity index (χ4n) is 4.64. The Bertz CT molecular complexity index is 1890. The van der Waals surface area contributed by atoms with Crippen LogP contribution in [0.5, 0.6) is 5.75 Å². The van der Waals surface area contributed by atoms with Crippen LogP contribution < -0.4 is 15.4 Å². The largest absolute Gasteiger partial charge is 0.494 e. The molecule has 3 aromatic carbocycles. The number of benzene rings is 3. The quantitative estimate of drug-likeness (QED) is 0.175. The Kier molecular flexibility index (Phi) is 7.16. The van der Waals surface area contributed by atoms with E-state index in [0.717, 1.165) is 17.6 Å². The molecule has 0 saturated heterocycles. The number of pyridine rings is 1. The fourth-order valence-corrected chi connectivity index (χ4v) is 4.64. The van der Waals surface area contributed by atoms with Crippen molar-refractivity contribution in [3.05, 3.63) is 120 Å². The Balaban J connectivity index is 1.37. The monoisotopic (exact) mass is 568 g/mol. The van der Waals surface area contributed by atoms with Gasteiger partial charge in [-0.15, -0.1) is 0 Å². The smallest absolute Gasteiger partial charge is 0.227 e. The van der Waals surface area contributed by atoms with Crippen LogP contribution in [0.15, 0.2) is 97.3 Å². The van der Waals surface area contributed by atoms with E-state index in [9.17, 15) is 18.3 Å². The Labute approximate surface area is 238 Å². The molecule has 42 heavy (non-hydrogen) atoms. The molecule has 3 heterocycles. The van der Waals surface area contributed by atoms with Gasteiger partial charge in [-0.1, -0.05) is 24.3 Å². The molecule has 3 aromatic heterocycles. The van der Waals surface area contributed by atoms with Gasteiger partial charge >= 0.3 is 0 Å². The number of nitrogens with one attached hydrogen (secondary N) is 2. The van der Waals surface area contributed by atoms with Crippen LogP contribution >= 0.6 is 0 Å². The van der Waals surface area contributed by atoms with Crippen molar-refractivity contribution in [1.82, 2.24) is 19.6 Å². The molecule has 1 unspecified atom stereocenters. The third-order valence-electron chi connectivity index (χ3n) is 6.57. The number of nitrogens with zero attached hydrogens (tertiary/aromatic N) is 4.